The molecular formula is C13H7ClN2O3. The van der Waals surface area contributed by atoms with Crippen LogP contribution in [0.15, 0.2) is 47.3 Å². The van der Waals surface area contributed by atoms with Gasteiger partial charge in [-0.15, -0.1) is 0 Å². The second-order valence-electron chi connectivity index (χ2n) is 3.74. The molecule has 3 rings (SSSR count). The summed E-state index contributed by atoms with van der Waals surface area (Å²) < 4.78 is 10.3. The van der Waals surface area contributed by atoms with Gasteiger partial charge in [-0.2, -0.15) is 0 Å². The normalized spacial score (nSPS) is 10.6. The van der Waals surface area contributed by atoms with Crippen LogP contribution in [0.2, 0.25) is 5.15 Å². The predicted molar refractivity (Wildman–Crippen MR) is 68.2 cm³/mol. The van der Waals surface area contributed by atoms with Crippen molar-refractivity contribution in [2.45, 2.75) is 0 Å². The lowest BCUT2D eigenvalue weighted by Gasteiger charge is -2.03. The molecule has 0 bridgehead atoms. The molecule has 3 aromatic rings. The maximum atomic E-state index is 11.9. The van der Waals surface area contributed by atoms with Gasteiger partial charge in [-0.25, -0.2) is 14.8 Å². The molecule has 0 aliphatic carbocycles. The summed E-state index contributed by atoms with van der Waals surface area (Å²) in [7, 11) is 0. The maximum absolute atomic E-state index is 11.9. The van der Waals surface area contributed by atoms with Crippen LogP contribution in [0.5, 0.6) is 5.75 Å². The second-order valence-corrected chi connectivity index (χ2v) is 4.13. The molecule has 0 saturated heterocycles. The number of aromatic nitrogens is 2. The van der Waals surface area contributed by atoms with Gasteiger partial charge in [0.1, 0.15) is 16.4 Å². The zero-order valence-electron chi connectivity index (χ0n) is 9.54. The van der Waals surface area contributed by atoms with Crippen molar-refractivity contribution in [3.63, 3.8) is 0 Å². The number of oxazole rings is 1. The Morgan fingerprint density at radius 2 is 2.11 bits per heavy atom. The summed E-state index contributed by atoms with van der Waals surface area (Å²) in [4.78, 5) is 19.7. The SMILES string of the molecule is O=C(Oc1ccc2ocnc2c1)c1ccnc(Cl)c1. The standard InChI is InChI=1S/C13H7ClN2O3/c14-12-5-8(3-4-15-12)13(17)19-9-1-2-11-10(6-9)16-7-18-11/h1-7H. The van der Waals surface area contributed by atoms with E-state index < -0.39 is 5.97 Å². The van der Waals surface area contributed by atoms with Crippen LogP contribution in [-0.4, -0.2) is 15.9 Å². The van der Waals surface area contributed by atoms with E-state index in [1.807, 2.05) is 0 Å². The van der Waals surface area contributed by atoms with E-state index in [1.165, 1.54) is 24.7 Å². The molecule has 1 aromatic carbocycles. The fourth-order valence-corrected chi connectivity index (χ4v) is 1.77. The van der Waals surface area contributed by atoms with Gasteiger partial charge < -0.3 is 9.15 Å². The van der Waals surface area contributed by atoms with Crippen molar-refractivity contribution in [2.75, 3.05) is 0 Å². The average molecular weight is 275 g/mol. The third-order valence-corrected chi connectivity index (χ3v) is 2.68. The number of fused-ring (bicyclic) bond motifs is 1. The van der Waals surface area contributed by atoms with Gasteiger partial charge >= 0.3 is 5.97 Å². The monoisotopic (exact) mass is 274 g/mol. The van der Waals surface area contributed by atoms with E-state index in [9.17, 15) is 4.79 Å². The van der Waals surface area contributed by atoms with Crippen molar-refractivity contribution in [1.82, 2.24) is 9.97 Å². The zero-order chi connectivity index (χ0) is 13.2. The van der Waals surface area contributed by atoms with Gasteiger partial charge in [-0.3, -0.25) is 0 Å². The average Bonchev–Trinajstić information content (AvgIpc) is 2.86. The molecule has 0 amide bonds. The summed E-state index contributed by atoms with van der Waals surface area (Å²) in [6, 6.07) is 7.92. The number of ether oxygens (including phenoxy) is 1. The largest absolute Gasteiger partial charge is 0.443 e. The third kappa shape index (κ3) is 2.41. The lowest BCUT2D eigenvalue weighted by atomic mass is 10.2. The first-order valence-corrected chi connectivity index (χ1v) is 5.77. The van der Waals surface area contributed by atoms with Crippen molar-refractivity contribution >= 4 is 28.7 Å². The molecule has 0 unspecified atom stereocenters. The lowest BCUT2D eigenvalue weighted by molar-refractivity contribution is 0.0735. The lowest BCUT2D eigenvalue weighted by Crippen LogP contribution is -2.08. The van der Waals surface area contributed by atoms with Crippen molar-refractivity contribution in [3.8, 4) is 5.75 Å². The molecule has 0 atom stereocenters. The summed E-state index contributed by atoms with van der Waals surface area (Å²) in [5.41, 5.74) is 1.59. The van der Waals surface area contributed by atoms with Crippen molar-refractivity contribution < 1.29 is 13.9 Å². The highest BCUT2D eigenvalue weighted by Gasteiger charge is 2.10. The summed E-state index contributed by atoms with van der Waals surface area (Å²) in [5, 5.41) is 0.237. The van der Waals surface area contributed by atoms with Gasteiger partial charge in [0.05, 0.1) is 5.56 Å². The Bertz CT molecular complexity index is 754. The molecule has 5 nitrogen and oxygen atoms in total. The molecule has 19 heavy (non-hydrogen) atoms. The van der Waals surface area contributed by atoms with Crippen LogP contribution in [0.3, 0.4) is 0 Å². The van der Waals surface area contributed by atoms with E-state index >= 15 is 0 Å². The van der Waals surface area contributed by atoms with Crippen LogP contribution in [-0.2, 0) is 0 Å². The molecule has 0 saturated carbocycles. The number of pyridine rings is 1. The first-order valence-electron chi connectivity index (χ1n) is 5.39. The molecule has 94 valence electrons. The molecular weight excluding hydrogens is 268 g/mol. The predicted octanol–water partition coefficient (Wildman–Crippen LogP) is 3.10. The molecule has 0 spiro atoms. The molecule has 0 N–H and O–H groups in total. The Hall–Kier alpha value is -2.40. The summed E-state index contributed by atoms with van der Waals surface area (Å²) in [6.45, 7) is 0. The molecule has 0 radical (unpaired) electrons. The number of benzene rings is 1. The Labute approximate surface area is 112 Å². The van der Waals surface area contributed by atoms with Crippen LogP contribution in [0.4, 0.5) is 0 Å². The quantitative estimate of drug-likeness (QED) is 0.408. The maximum Gasteiger partial charge on any atom is 0.343 e. The molecule has 0 aliphatic heterocycles. The highest BCUT2D eigenvalue weighted by atomic mass is 35.5. The number of carbonyl (C=O) groups is 1. The van der Waals surface area contributed by atoms with Gasteiger partial charge in [0.15, 0.2) is 12.0 Å². The first-order chi connectivity index (χ1) is 9.22. The van der Waals surface area contributed by atoms with Crippen LogP contribution in [0.1, 0.15) is 10.4 Å². The highest BCUT2D eigenvalue weighted by molar-refractivity contribution is 6.29. The van der Waals surface area contributed by atoms with Crippen LogP contribution >= 0.6 is 11.6 Å². The second kappa shape index (κ2) is 4.70. The van der Waals surface area contributed by atoms with E-state index in [1.54, 1.807) is 18.2 Å². The molecule has 0 fully saturated rings. The van der Waals surface area contributed by atoms with Crippen molar-refractivity contribution in [1.29, 1.82) is 0 Å². The van der Waals surface area contributed by atoms with Gasteiger partial charge in [0, 0.05) is 12.3 Å². The van der Waals surface area contributed by atoms with Crippen molar-refractivity contribution in [2.24, 2.45) is 0 Å². The van der Waals surface area contributed by atoms with Gasteiger partial charge in [-0.05, 0) is 24.3 Å². The summed E-state index contributed by atoms with van der Waals surface area (Å²) in [5.74, 6) is -0.119. The number of hydrogen-bond acceptors (Lipinski definition) is 5. The van der Waals surface area contributed by atoms with E-state index in [0.29, 0.717) is 22.4 Å². The number of rotatable bonds is 2. The smallest absolute Gasteiger partial charge is 0.343 e. The Kier molecular flexibility index (Phi) is 2.89. The first kappa shape index (κ1) is 11.7. The number of carbonyl (C=O) groups excluding carboxylic acids is 1. The topological polar surface area (TPSA) is 65.2 Å². The third-order valence-electron chi connectivity index (χ3n) is 2.47. The number of nitrogens with zero attached hydrogens (tertiary/aromatic N) is 2. The molecule has 2 aromatic heterocycles. The Morgan fingerprint density at radius 3 is 2.95 bits per heavy atom. The fraction of sp³-hybridized carbons (Fsp3) is 0. The van der Waals surface area contributed by atoms with Crippen LogP contribution in [0.25, 0.3) is 11.1 Å². The minimum absolute atomic E-state index is 0.237. The summed E-state index contributed by atoms with van der Waals surface area (Å²) in [6.07, 6.45) is 2.78. The number of esters is 1. The molecule has 2 heterocycles. The van der Waals surface area contributed by atoms with E-state index in [2.05, 4.69) is 9.97 Å². The number of hydrogen-bond donors (Lipinski definition) is 0. The van der Waals surface area contributed by atoms with Gasteiger partial charge in [0.2, 0.25) is 0 Å². The van der Waals surface area contributed by atoms with E-state index in [0.717, 1.165) is 0 Å². The minimum atomic E-state index is -0.507. The molecule has 6 heteroatoms. The minimum Gasteiger partial charge on any atom is -0.443 e. The summed E-state index contributed by atoms with van der Waals surface area (Å²) >= 11 is 5.71. The van der Waals surface area contributed by atoms with Crippen molar-refractivity contribution in [3.05, 3.63) is 53.6 Å². The van der Waals surface area contributed by atoms with Crippen LogP contribution in [0, 0.1) is 0 Å². The van der Waals surface area contributed by atoms with E-state index in [-0.39, 0.29) is 5.15 Å². The Balaban J connectivity index is 1.86. The number of halogens is 1. The van der Waals surface area contributed by atoms with Gasteiger partial charge in [0.25, 0.3) is 0 Å². The highest BCUT2D eigenvalue weighted by Crippen LogP contribution is 2.20. The zero-order valence-corrected chi connectivity index (χ0v) is 10.3. The molecule has 0 aliphatic rings. The Morgan fingerprint density at radius 1 is 1.21 bits per heavy atom. The van der Waals surface area contributed by atoms with Gasteiger partial charge in [-0.1, -0.05) is 11.6 Å². The van der Waals surface area contributed by atoms with E-state index in [4.69, 9.17) is 20.8 Å². The fourth-order valence-electron chi connectivity index (χ4n) is 1.60. The van der Waals surface area contributed by atoms with Crippen LogP contribution < -0.4 is 4.74 Å².